The maximum Gasteiger partial charge on any atom is 0.315 e. The summed E-state index contributed by atoms with van der Waals surface area (Å²) in [6.07, 6.45) is 1.73. The molecule has 1 fully saturated rings. The Kier molecular flexibility index (Phi) is 4.10. The van der Waals surface area contributed by atoms with Crippen LogP contribution in [0.15, 0.2) is 24.3 Å². The average molecular weight is 282 g/mol. The van der Waals surface area contributed by atoms with Gasteiger partial charge in [-0.2, -0.15) is 0 Å². The van der Waals surface area contributed by atoms with E-state index in [9.17, 15) is 9.59 Å². The van der Waals surface area contributed by atoms with Gasteiger partial charge in [0, 0.05) is 11.6 Å². The van der Waals surface area contributed by atoms with Crippen LogP contribution in [0.2, 0.25) is 5.02 Å². The first-order valence-electron chi connectivity index (χ1n) is 6.29. The van der Waals surface area contributed by atoms with Gasteiger partial charge in [0.05, 0.1) is 6.04 Å². The van der Waals surface area contributed by atoms with E-state index in [-0.39, 0.29) is 11.9 Å². The standard InChI is InChI=1S/C14H16ClNO3/c1-9(14(18)19)13(17)16-7-3-6-12(16)10-4-2-5-11(15)8-10/h2,4-5,8-9,12H,3,6-7H2,1H3,(H,18,19). The normalized spacial score (nSPS) is 20.3. The van der Waals surface area contributed by atoms with Crippen LogP contribution in [-0.2, 0) is 9.59 Å². The van der Waals surface area contributed by atoms with Gasteiger partial charge in [-0.3, -0.25) is 9.59 Å². The van der Waals surface area contributed by atoms with Crippen molar-refractivity contribution in [3.05, 3.63) is 34.9 Å². The van der Waals surface area contributed by atoms with Crippen molar-refractivity contribution in [3.63, 3.8) is 0 Å². The molecule has 5 heteroatoms. The molecule has 4 nitrogen and oxygen atoms in total. The van der Waals surface area contributed by atoms with E-state index >= 15 is 0 Å². The SMILES string of the molecule is CC(C(=O)O)C(=O)N1CCCC1c1cccc(Cl)c1. The molecule has 0 bridgehead atoms. The molecule has 2 atom stereocenters. The van der Waals surface area contributed by atoms with Crippen molar-refractivity contribution >= 4 is 23.5 Å². The summed E-state index contributed by atoms with van der Waals surface area (Å²) < 4.78 is 0. The van der Waals surface area contributed by atoms with E-state index in [1.54, 1.807) is 11.0 Å². The van der Waals surface area contributed by atoms with Crippen LogP contribution >= 0.6 is 11.6 Å². The van der Waals surface area contributed by atoms with Crippen LogP contribution in [0.3, 0.4) is 0 Å². The van der Waals surface area contributed by atoms with Crippen LogP contribution in [0, 0.1) is 5.92 Å². The number of amides is 1. The number of rotatable bonds is 3. The Morgan fingerprint density at radius 2 is 2.21 bits per heavy atom. The molecule has 0 spiro atoms. The number of benzene rings is 1. The van der Waals surface area contributed by atoms with E-state index in [0.717, 1.165) is 18.4 Å². The molecule has 1 N–H and O–H groups in total. The Morgan fingerprint density at radius 3 is 2.84 bits per heavy atom. The summed E-state index contributed by atoms with van der Waals surface area (Å²) in [4.78, 5) is 24.8. The fourth-order valence-electron chi connectivity index (χ4n) is 2.45. The summed E-state index contributed by atoms with van der Waals surface area (Å²) in [5.74, 6) is -2.41. The molecule has 1 saturated heterocycles. The lowest BCUT2D eigenvalue weighted by Gasteiger charge is -2.26. The fourth-order valence-corrected chi connectivity index (χ4v) is 2.64. The van der Waals surface area contributed by atoms with Crippen LogP contribution in [0.1, 0.15) is 31.4 Å². The summed E-state index contributed by atoms with van der Waals surface area (Å²) in [5.41, 5.74) is 0.968. The first-order valence-corrected chi connectivity index (χ1v) is 6.67. The smallest absolute Gasteiger partial charge is 0.315 e. The number of hydrogen-bond donors (Lipinski definition) is 1. The Labute approximate surface area is 117 Å². The van der Waals surface area contributed by atoms with Crippen molar-refractivity contribution in [2.24, 2.45) is 5.92 Å². The van der Waals surface area contributed by atoms with Crippen LogP contribution in [0.5, 0.6) is 0 Å². The van der Waals surface area contributed by atoms with Gasteiger partial charge in [0.15, 0.2) is 0 Å². The first kappa shape index (κ1) is 13.9. The highest BCUT2D eigenvalue weighted by molar-refractivity contribution is 6.30. The molecule has 19 heavy (non-hydrogen) atoms. The number of aliphatic carboxylic acids is 1. The van der Waals surface area contributed by atoms with Crippen LogP contribution in [-0.4, -0.2) is 28.4 Å². The van der Waals surface area contributed by atoms with Gasteiger partial charge in [-0.05, 0) is 37.5 Å². The Morgan fingerprint density at radius 1 is 1.47 bits per heavy atom. The molecule has 0 radical (unpaired) electrons. The monoisotopic (exact) mass is 281 g/mol. The molecule has 0 saturated carbocycles. The quantitative estimate of drug-likeness (QED) is 0.867. The van der Waals surface area contributed by atoms with Crippen LogP contribution < -0.4 is 0 Å². The zero-order chi connectivity index (χ0) is 14.0. The average Bonchev–Trinajstić information content (AvgIpc) is 2.86. The van der Waals surface area contributed by atoms with Crippen LogP contribution in [0.4, 0.5) is 0 Å². The molecule has 2 rings (SSSR count). The number of halogens is 1. The summed E-state index contributed by atoms with van der Waals surface area (Å²) in [6, 6.07) is 7.33. The number of carbonyl (C=O) groups is 2. The maximum absolute atomic E-state index is 12.2. The van der Waals surface area contributed by atoms with Crippen LogP contribution in [0.25, 0.3) is 0 Å². The molecule has 1 aromatic carbocycles. The third-order valence-corrected chi connectivity index (χ3v) is 3.75. The van der Waals surface area contributed by atoms with E-state index in [1.165, 1.54) is 6.92 Å². The third kappa shape index (κ3) is 2.89. The van der Waals surface area contributed by atoms with E-state index in [1.807, 2.05) is 18.2 Å². The number of likely N-dealkylation sites (tertiary alicyclic amines) is 1. The predicted molar refractivity (Wildman–Crippen MR) is 71.9 cm³/mol. The number of hydrogen-bond acceptors (Lipinski definition) is 2. The lowest BCUT2D eigenvalue weighted by Crippen LogP contribution is -2.37. The molecule has 0 aliphatic carbocycles. The molecular weight excluding hydrogens is 266 g/mol. The van der Waals surface area contributed by atoms with Gasteiger partial charge >= 0.3 is 5.97 Å². The van der Waals surface area contributed by atoms with Gasteiger partial charge in [0.1, 0.15) is 5.92 Å². The Bertz CT molecular complexity index is 503. The van der Waals surface area contributed by atoms with E-state index < -0.39 is 11.9 Å². The van der Waals surface area contributed by atoms with Crippen molar-refractivity contribution in [1.29, 1.82) is 0 Å². The molecule has 0 aromatic heterocycles. The van der Waals surface area contributed by atoms with Gasteiger partial charge < -0.3 is 10.0 Å². The minimum absolute atomic E-state index is 0.0620. The number of carboxylic acids is 1. The summed E-state index contributed by atoms with van der Waals surface area (Å²) in [6.45, 7) is 2.03. The minimum Gasteiger partial charge on any atom is -0.481 e. The molecule has 102 valence electrons. The number of carbonyl (C=O) groups excluding carboxylic acids is 1. The van der Waals surface area contributed by atoms with Crippen molar-refractivity contribution in [1.82, 2.24) is 4.90 Å². The zero-order valence-electron chi connectivity index (χ0n) is 10.7. The number of nitrogens with zero attached hydrogens (tertiary/aromatic N) is 1. The summed E-state index contributed by atoms with van der Waals surface area (Å²) in [5, 5.41) is 9.57. The maximum atomic E-state index is 12.2. The van der Waals surface area contributed by atoms with E-state index in [2.05, 4.69) is 0 Å². The fraction of sp³-hybridized carbons (Fsp3) is 0.429. The molecular formula is C14H16ClNO3. The van der Waals surface area contributed by atoms with Crippen molar-refractivity contribution in [3.8, 4) is 0 Å². The Balaban J connectivity index is 2.22. The zero-order valence-corrected chi connectivity index (χ0v) is 11.4. The van der Waals surface area contributed by atoms with Gasteiger partial charge in [0.25, 0.3) is 0 Å². The Hall–Kier alpha value is -1.55. The second-order valence-electron chi connectivity index (χ2n) is 4.80. The lowest BCUT2D eigenvalue weighted by atomic mass is 10.0. The van der Waals surface area contributed by atoms with Gasteiger partial charge in [-0.25, -0.2) is 0 Å². The second kappa shape index (κ2) is 5.61. The van der Waals surface area contributed by atoms with E-state index in [4.69, 9.17) is 16.7 Å². The topological polar surface area (TPSA) is 57.6 Å². The molecule has 1 aliphatic heterocycles. The van der Waals surface area contributed by atoms with Gasteiger partial charge in [0.2, 0.25) is 5.91 Å². The minimum atomic E-state index is -1.08. The van der Waals surface area contributed by atoms with Gasteiger partial charge in [-0.15, -0.1) is 0 Å². The highest BCUT2D eigenvalue weighted by Crippen LogP contribution is 2.33. The summed E-state index contributed by atoms with van der Waals surface area (Å²) in [7, 11) is 0. The molecule has 1 aliphatic rings. The highest BCUT2D eigenvalue weighted by Gasteiger charge is 2.34. The third-order valence-electron chi connectivity index (χ3n) is 3.51. The predicted octanol–water partition coefficient (Wildman–Crippen LogP) is 2.72. The number of carboxylic acid groups (broad SMARTS) is 1. The molecule has 1 heterocycles. The van der Waals surface area contributed by atoms with E-state index in [0.29, 0.717) is 11.6 Å². The summed E-state index contributed by atoms with van der Waals surface area (Å²) >= 11 is 5.97. The molecule has 2 unspecified atom stereocenters. The first-order chi connectivity index (χ1) is 9.00. The largest absolute Gasteiger partial charge is 0.481 e. The highest BCUT2D eigenvalue weighted by atomic mass is 35.5. The molecule has 1 amide bonds. The van der Waals surface area contributed by atoms with Crippen molar-refractivity contribution in [2.75, 3.05) is 6.54 Å². The molecule has 1 aromatic rings. The van der Waals surface area contributed by atoms with Crippen molar-refractivity contribution in [2.45, 2.75) is 25.8 Å². The lowest BCUT2D eigenvalue weighted by molar-refractivity contribution is -0.150. The van der Waals surface area contributed by atoms with Crippen molar-refractivity contribution < 1.29 is 14.7 Å². The second-order valence-corrected chi connectivity index (χ2v) is 5.24. The van der Waals surface area contributed by atoms with Gasteiger partial charge in [-0.1, -0.05) is 23.7 Å².